The molecule has 0 amide bonds. The van der Waals surface area contributed by atoms with Gasteiger partial charge in [0, 0.05) is 42.9 Å². The predicted octanol–water partition coefficient (Wildman–Crippen LogP) is 4.95. The number of pyridine rings is 1. The van der Waals surface area contributed by atoms with Crippen molar-refractivity contribution in [3.8, 4) is 17.4 Å². The number of aromatic nitrogens is 3. The number of ether oxygens (including phenoxy) is 4. The first-order valence-electron chi connectivity index (χ1n) is 14.6. The van der Waals surface area contributed by atoms with Crippen LogP contribution in [0.4, 0.5) is 8.78 Å². The van der Waals surface area contributed by atoms with Gasteiger partial charge in [0.2, 0.25) is 5.88 Å². The van der Waals surface area contributed by atoms with Gasteiger partial charge in [0.05, 0.1) is 37.4 Å². The number of aromatic carboxylic acids is 1. The van der Waals surface area contributed by atoms with Crippen molar-refractivity contribution in [1.82, 2.24) is 19.4 Å². The Morgan fingerprint density at radius 2 is 1.89 bits per heavy atom. The van der Waals surface area contributed by atoms with Crippen LogP contribution in [0.2, 0.25) is 0 Å². The Kier molecular flexibility index (Phi) is 7.55. The Morgan fingerprint density at radius 3 is 2.59 bits per heavy atom. The molecule has 3 fully saturated rings. The molecule has 1 N–H and O–H groups in total. The fourth-order valence-electron chi connectivity index (χ4n) is 6.54. The number of likely N-dealkylation sites (tertiary alicyclic amines) is 1. The van der Waals surface area contributed by atoms with Crippen LogP contribution in [-0.2, 0) is 24.4 Å². The summed E-state index contributed by atoms with van der Waals surface area (Å²) in [6.45, 7) is 0.905. The van der Waals surface area contributed by atoms with Crippen LogP contribution in [0.25, 0.3) is 11.0 Å². The summed E-state index contributed by atoms with van der Waals surface area (Å²) in [7, 11) is 1.52. The molecule has 2 unspecified atom stereocenters. The lowest BCUT2D eigenvalue weighted by Gasteiger charge is -2.28. The number of nitrogens with zero attached hydrogens (tertiary/aromatic N) is 4. The minimum Gasteiger partial charge on any atom is -0.494 e. The number of carboxylic acid groups (broad SMARTS) is 1. The number of piperidine rings is 1. The number of imidazole rings is 1. The second-order valence-electron chi connectivity index (χ2n) is 11.5. The molecule has 2 saturated heterocycles. The molecule has 1 aliphatic carbocycles. The van der Waals surface area contributed by atoms with Gasteiger partial charge in [-0.25, -0.2) is 14.8 Å². The summed E-state index contributed by atoms with van der Waals surface area (Å²) in [5.74, 6) is 2.06. The van der Waals surface area contributed by atoms with Gasteiger partial charge in [-0.2, -0.15) is 8.78 Å². The summed E-state index contributed by atoms with van der Waals surface area (Å²) >= 11 is 0. The van der Waals surface area contributed by atoms with Crippen LogP contribution in [0.5, 0.6) is 17.4 Å². The van der Waals surface area contributed by atoms with Crippen LogP contribution in [-0.4, -0.2) is 70.0 Å². The summed E-state index contributed by atoms with van der Waals surface area (Å²) in [5.41, 5.74) is 3.03. The van der Waals surface area contributed by atoms with E-state index in [2.05, 4.69) is 14.2 Å². The first-order valence-corrected chi connectivity index (χ1v) is 14.6. The molecule has 12 heteroatoms. The van der Waals surface area contributed by atoms with Crippen LogP contribution in [0.3, 0.4) is 0 Å². The van der Waals surface area contributed by atoms with Crippen LogP contribution in [0.15, 0.2) is 54.6 Å². The van der Waals surface area contributed by atoms with Crippen molar-refractivity contribution in [2.24, 2.45) is 11.8 Å². The monoisotopic (exact) mass is 606 g/mol. The minimum absolute atomic E-state index is 0.0658. The van der Waals surface area contributed by atoms with Crippen LogP contribution < -0.4 is 14.2 Å². The summed E-state index contributed by atoms with van der Waals surface area (Å²) < 4.78 is 49.3. The summed E-state index contributed by atoms with van der Waals surface area (Å²) in [6, 6.07) is 15.4. The van der Waals surface area contributed by atoms with E-state index in [1.54, 1.807) is 30.3 Å². The third-order valence-electron chi connectivity index (χ3n) is 8.83. The molecule has 7 rings (SSSR count). The third-order valence-corrected chi connectivity index (χ3v) is 8.83. The molecule has 0 bridgehead atoms. The molecule has 10 nitrogen and oxygen atoms in total. The van der Waals surface area contributed by atoms with Crippen LogP contribution in [0, 0.1) is 11.8 Å². The molecular formula is C32H32F2N4O6. The second-order valence-corrected chi connectivity index (χ2v) is 11.5. The molecule has 3 atom stereocenters. The van der Waals surface area contributed by atoms with Crippen molar-refractivity contribution in [3.05, 3.63) is 77.2 Å². The Labute approximate surface area is 252 Å². The topological polar surface area (TPSA) is 108 Å². The van der Waals surface area contributed by atoms with E-state index in [1.807, 2.05) is 12.1 Å². The number of methoxy groups -OCH3 is 1. The van der Waals surface area contributed by atoms with Crippen molar-refractivity contribution >= 4 is 17.0 Å². The Morgan fingerprint density at radius 1 is 1.09 bits per heavy atom. The summed E-state index contributed by atoms with van der Waals surface area (Å²) in [5, 5.41) is 9.66. The normalized spacial score (nSPS) is 22.5. The van der Waals surface area contributed by atoms with Crippen molar-refractivity contribution in [2.45, 2.75) is 44.8 Å². The number of hydrogen-bond donors (Lipinski definition) is 1. The summed E-state index contributed by atoms with van der Waals surface area (Å²) in [4.78, 5) is 23.8. The Hall–Kier alpha value is -4.29. The average Bonchev–Trinajstić information content (AvgIpc) is 3.30. The van der Waals surface area contributed by atoms with Gasteiger partial charge < -0.3 is 28.6 Å². The zero-order chi connectivity index (χ0) is 30.4. The predicted molar refractivity (Wildman–Crippen MR) is 154 cm³/mol. The first kappa shape index (κ1) is 28.5. The molecule has 2 aromatic carbocycles. The van der Waals surface area contributed by atoms with Crippen LogP contribution >= 0.6 is 0 Å². The smallest absolute Gasteiger partial charge is 0.387 e. The zero-order valence-corrected chi connectivity index (χ0v) is 24.1. The highest BCUT2D eigenvalue weighted by Crippen LogP contribution is 2.58. The molecule has 1 saturated carbocycles. The minimum atomic E-state index is -2.91. The Bertz CT molecular complexity index is 1680. The number of benzene rings is 2. The average molecular weight is 607 g/mol. The number of carbonyl (C=O) groups is 1. The van der Waals surface area contributed by atoms with Gasteiger partial charge in [0.25, 0.3) is 0 Å². The number of para-hydroxylation sites is 1. The van der Waals surface area contributed by atoms with Crippen molar-refractivity contribution < 1.29 is 37.6 Å². The molecule has 4 aromatic rings. The second kappa shape index (κ2) is 11.7. The van der Waals surface area contributed by atoms with E-state index in [0.29, 0.717) is 53.6 Å². The quantitative estimate of drug-likeness (QED) is 0.240. The van der Waals surface area contributed by atoms with Gasteiger partial charge in [-0.15, -0.1) is 0 Å². The number of fused-ring (bicyclic) bond motifs is 2. The van der Waals surface area contributed by atoms with E-state index in [9.17, 15) is 18.7 Å². The molecular weight excluding hydrogens is 574 g/mol. The number of halogens is 2. The van der Waals surface area contributed by atoms with Gasteiger partial charge in [-0.1, -0.05) is 24.3 Å². The van der Waals surface area contributed by atoms with E-state index in [-0.39, 0.29) is 24.0 Å². The standard InChI is InChI=1S/C32H32F2N4O6/c1-41-26-12-19(31(39)40)11-24-30(26)36-27(38(24)13-20-9-10-42-20)16-37-14-21-22(15-37)29(21)23-6-4-8-28(35-23)43-17-18-5-2-3-7-25(18)44-32(33)34/h2-8,11-12,20-22,29,32H,9-10,13-17H2,1H3,(H,39,40)/t20-,21?,22?,29?/m0/s1. The number of hydrogen-bond acceptors (Lipinski definition) is 8. The zero-order valence-electron chi connectivity index (χ0n) is 24.1. The maximum absolute atomic E-state index is 12.8. The molecule has 44 heavy (non-hydrogen) atoms. The van der Waals surface area contributed by atoms with E-state index >= 15 is 0 Å². The van der Waals surface area contributed by atoms with Crippen LogP contribution in [0.1, 0.15) is 39.8 Å². The first-order chi connectivity index (χ1) is 21.4. The Balaban J connectivity index is 1.03. The lowest BCUT2D eigenvalue weighted by atomic mass is 10.1. The fourth-order valence-corrected chi connectivity index (χ4v) is 6.54. The molecule has 3 aliphatic rings. The van der Waals surface area contributed by atoms with E-state index in [4.69, 9.17) is 24.2 Å². The van der Waals surface area contributed by atoms with Crippen molar-refractivity contribution in [2.75, 3.05) is 26.8 Å². The highest BCUT2D eigenvalue weighted by Gasteiger charge is 2.57. The fraction of sp³-hybridized carbons (Fsp3) is 0.406. The van der Waals surface area contributed by atoms with Gasteiger partial charge in [-0.3, -0.25) is 4.90 Å². The molecule has 4 heterocycles. The maximum Gasteiger partial charge on any atom is 0.387 e. The van der Waals surface area contributed by atoms with E-state index in [0.717, 1.165) is 43.2 Å². The largest absolute Gasteiger partial charge is 0.494 e. The lowest BCUT2D eigenvalue weighted by Crippen LogP contribution is -2.33. The van der Waals surface area contributed by atoms with Gasteiger partial charge in [0.15, 0.2) is 0 Å². The summed E-state index contributed by atoms with van der Waals surface area (Å²) in [6.07, 6.45) is 1.03. The van der Waals surface area contributed by atoms with Gasteiger partial charge in [0.1, 0.15) is 29.4 Å². The lowest BCUT2D eigenvalue weighted by molar-refractivity contribution is -0.0592. The highest BCUT2D eigenvalue weighted by molar-refractivity contribution is 5.95. The number of carboxylic acids is 1. The molecule has 0 radical (unpaired) electrons. The molecule has 2 aromatic heterocycles. The van der Waals surface area contributed by atoms with E-state index in [1.165, 1.54) is 19.2 Å². The van der Waals surface area contributed by atoms with E-state index < -0.39 is 12.6 Å². The third kappa shape index (κ3) is 5.55. The highest BCUT2D eigenvalue weighted by atomic mass is 19.3. The van der Waals surface area contributed by atoms with Gasteiger partial charge >= 0.3 is 12.6 Å². The van der Waals surface area contributed by atoms with Gasteiger partial charge in [-0.05, 0) is 42.5 Å². The number of alkyl halides is 2. The SMILES string of the molecule is COc1cc(C(=O)O)cc2c1nc(CN1CC3C(C1)C3c1cccc(OCc3ccccc3OC(F)F)n1)n2C[C@@H]1CCO1. The maximum atomic E-state index is 12.8. The molecule has 2 aliphatic heterocycles. The van der Waals surface area contributed by atoms with Crippen molar-refractivity contribution in [3.63, 3.8) is 0 Å². The number of rotatable bonds is 12. The van der Waals surface area contributed by atoms with Crippen molar-refractivity contribution in [1.29, 1.82) is 0 Å². The molecule has 230 valence electrons. The molecule has 0 spiro atoms.